The minimum atomic E-state index is -0.861. The van der Waals surface area contributed by atoms with Crippen molar-refractivity contribution in [2.75, 3.05) is 25.9 Å². The molecule has 0 radical (unpaired) electrons. The molecule has 1 fully saturated rings. The van der Waals surface area contributed by atoms with E-state index in [9.17, 15) is 9.00 Å². The Kier molecular flexibility index (Phi) is 5.98. The molecule has 0 saturated carbocycles. The number of piperidine rings is 1. The van der Waals surface area contributed by atoms with Crippen molar-refractivity contribution in [3.63, 3.8) is 0 Å². The van der Waals surface area contributed by atoms with Gasteiger partial charge in [-0.1, -0.05) is 0 Å². The van der Waals surface area contributed by atoms with E-state index in [2.05, 4.69) is 10.6 Å². The standard InChI is InChI=1S/C11H22N2O2S/c1-9(16(2)15)7-13-11(14)6-10-4-3-5-12-8-10/h9-10,12H,3-8H2,1-2H3,(H,13,14). The Labute approximate surface area is 100 Å². The molecule has 1 aliphatic rings. The quantitative estimate of drug-likeness (QED) is 0.731. The van der Waals surface area contributed by atoms with Crippen molar-refractivity contribution in [2.24, 2.45) is 5.92 Å². The molecule has 0 aromatic rings. The molecule has 3 atom stereocenters. The van der Waals surface area contributed by atoms with E-state index in [0.29, 0.717) is 18.9 Å². The highest BCUT2D eigenvalue weighted by molar-refractivity contribution is 7.84. The van der Waals surface area contributed by atoms with Gasteiger partial charge in [-0.05, 0) is 38.8 Å². The van der Waals surface area contributed by atoms with Gasteiger partial charge in [0.25, 0.3) is 0 Å². The summed E-state index contributed by atoms with van der Waals surface area (Å²) in [6, 6.07) is 0. The molecule has 3 unspecified atom stereocenters. The Morgan fingerprint density at radius 1 is 1.62 bits per heavy atom. The van der Waals surface area contributed by atoms with E-state index < -0.39 is 10.8 Å². The predicted octanol–water partition coefficient (Wildman–Crippen LogP) is 0.259. The first-order chi connectivity index (χ1) is 7.59. The van der Waals surface area contributed by atoms with Crippen molar-refractivity contribution in [3.05, 3.63) is 0 Å². The molecule has 1 rings (SSSR count). The van der Waals surface area contributed by atoms with Crippen LogP contribution in [0.4, 0.5) is 0 Å². The Morgan fingerprint density at radius 3 is 2.94 bits per heavy atom. The van der Waals surface area contributed by atoms with Gasteiger partial charge in [0.05, 0.1) is 0 Å². The summed E-state index contributed by atoms with van der Waals surface area (Å²) in [7, 11) is -0.861. The van der Waals surface area contributed by atoms with E-state index in [-0.39, 0.29) is 11.2 Å². The number of carbonyl (C=O) groups excluding carboxylic acids is 1. The fraction of sp³-hybridized carbons (Fsp3) is 0.909. The fourth-order valence-corrected chi connectivity index (χ4v) is 2.13. The van der Waals surface area contributed by atoms with Gasteiger partial charge in [-0.3, -0.25) is 9.00 Å². The van der Waals surface area contributed by atoms with Gasteiger partial charge in [0.1, 0.15) is 0 Å². The second-order valence-corrected chi connectivity index (χ2v) is 6.33. The maximum Gasteiger partial charge on any atom is 0.220 e. The third-order valence-electron chi connectivity index (χ3n) is 3.03. The maximum absolute atomic E-state index is 11.6. The third-order valence-corrected chi connectivity index (χ3v) is 4.33. The summed E-state index contributed by atoms with van der Waals surface area (Å²) in [5.74, 6) is 0.558. The van der Waals surface area contributed by atoms with Crippen molar-refractivity contribution < 1.29 is 9.00 Å². The Bertz CT molecular complexity index is 252. The summed E-state index contributed by atoms with van der Waals surface area (Å²) < 4.78 is 11.1. The van der Waals surface area contributed by atoms with Crippen LogP contribution in [0.2, 0.25) is 0 Å². The highest BCUT2D eigenvalue weighted by Gasteiger charge is 2.17. The van der Waals surface area contributed by atoms with Crippen molar-refractivity contribution in [1.82, 2.24) is 10.6 Å². The van der Waals surface area contributed by atoms with Crippen molar-refractivity contribution in [3.8, 4) is 0 Å². The van der Waals surface area contributed by atoms with E-state index in [4.69, 9.17) is 0 Å². The molecular formula is C11H22N2O2S. The van der Waals surface area contributed by atoms with Gasteiger partial charge in [0.2, 0.25) is 5.91 Å². The van der Waals surface area contributed by atoms with Crippen LogP contribution in [0.1, 0.15) is 26.2 Å². The van der Waals surface area contributed by atoms with Crippen molar-refractivity contribution >= 4 is 16.7 Å². The number of nitrogens with one attached hydrogen (secondary N) is 2. The average molecular weight is 246 g/mol. The molecule has 2 N–H and O–H groups in total. The Balaban J connectivity index is 2.17. The van der Waals surface area contributed by atoms with E-state index >= 15 is 0 Å². The van der Waals surface area contributed by atoms with E-state index in [1.165, 1.54) is 0 Å². The zero-order valence-corrected chi connectivity index (χ0v) is 10.9. The zero-order valence-electron chi connectivity index (χ0n) is 10.1. The summed E-state index contributed by atoms with van der Waals surface area (Å²) in [6.07, 6.45) is 4.56. The van der Waals surface area contributed by atoms with Gasteiger partial charge < -0.3 is 10.6 Å². The van der Waals surface area contributed by atoms with Crippen LogP contribution >= 0.6 is 0 Å². The van der Waals surface area contributed by atoms with Crippen LogP contribution < -0.4 is 10.6 Å². The van der Waals surface area contributed by atoms with Gasteiger partial charge in [0.15, 0.2) is 0 Å². The van der Waals surface area contributed by atoms with Crippen LogP contribution in [-0.2, 0) is 15.6 Å². The van der Waals surface area contributed by atoms with E-state index in [0.717, 1.165) is 25.9 Å². The highest BCUT2D eigenvalue weighted by Crippen LogP contribution is 2.13. The number of carbonyl (C=O) groups is 1. The van der Waals surface area contributed by atoms with Gasteiger partial charge in [-0.15, -0.1) is 0 Å². The summed E-state index contributed by atoms with van der Waals surface area (Å²) in [5.41, 5.74) is 0. The molecule has 1 aliphatic heterocycles. The SMILES string of the molecule is CC(CNC(=O)CC1CCCNC1)S(C)=O. The van der Waals surface area contributed by atoms with Gasteiger partial charge in [0, 0.05) is 35.3 Å². The summed E-state index contributed by atoms with van der Waals surface area (Å²) >= 11 is 0. The Hall–Kier alpha value is -0.420. The van der Waals surface area contributed by atoms with Crippen LogP contribution in [0.3, 0.4) is 0 Å². The van der Waals surface area contributed by atoms with Crippen molar-refractivity contribution in [2.45, 2.75) is 31.4 Å². The molecule has 0 spiro atoms. The second-order valence-electron chi connectivity index (χ2n) is 4.53. The molecule has 1 heterocycles. The molecular weight excluding hydrogens is 224 g/mol. The molecule has 0 aromatic heterocycles. The summed E-state index contributed by atoms with van der Waals surface area (Å²) in [6.45, 7) is 4.42. The summed E-state index contributed by atoms with van der Waals surface area (Å²) in [4.78, 5) is 11.6. The molecule has 1 amide bonds. The summed E-state index contributed by atoms with van der Waals surface area (Å²) in [5, 5.41) is 6.18. The van der Waals surface area contributed by atoms with Gasteiger partial charge in [-0.25, -0.2) is 0 Å². The monoisotopic (exact) mass is 246 g/mol. The second kappa shape index (κ2) is 7.01. The smallest absolute Gasteiger partial charge is 0.220 e. The lowest BCUT2D eigenvalue weighted by atomic mass is 9.96. The fourth-order valence-electron chi connectivity index (χ4n) is 1.81. The lowest BCUT2D eigenvalue weighted by Crippen LogP contribution is -2.37. The van der Waals surface area contributed by atoms with Gasteiger partial charge in [-0.2, -0.15) is 0 Å². The van der Waals surface area contributed by atoms with Crippen LogP contribution in [0, 0.1) is 5.92 Å². The highest BCUT2D eigenvalue weighted by atomic mass is 32.2. The molecule has 4 nitrogen and oxygen atoms in total. The van der Waals surface area contributed by atoms with E-state index in [1.807, 2.05) is 6.92 Å². The topological polar surface area (TPSA) is 58.2 Å². The normalized spacial score (nSPS) is 24.8. The minimum Gasteiger partial charge on any atom is -0.355 e. The number of amides is 1. The largest absolute Gasteiger partial charge is 0.355 e. The maximum atomic E-state index is 11.6. The average Bonchev–Trinajstić information content (AvgIpc) is 2.27. The first-order valence-corrected chi connectivity index (χ1v) is 7.51. The number of hydrogen-bond donors (Lipinski definition) is 2. The lowest BCUT2D eigenvalue weighted by Gasteiger charge is -2.22. The lowest BCUT2D eigenvalue weighted by molar-refractivity contribution is -0.122. The molecule has 16 heavy (non-hydrogen) atoms. The molecule has 0 aliphatic carbocycles. The number of rotatable bonds is 5. The predicted molar refractivity (Wildman–Crippen MR) is 66.7 cm³/mol. The third kappa shape index (κ3) is 5.07. The van der Waals surface area contributed by atoms with E-state index in [1.54, 1.807) is 6.26 Å². The molecule has 94 valence electrons. The molecule has 0 aromatic carbocycles. The molecule has 1 saturated heterocycles. The van der Waals surface area contributed by atoms with Crippen molar-refractivity contribution in [1.29, 1.82) is 0 Å². The molecule has 5 heteroatoms. The minimum absolute atomic E-state index is 0.0356. The first-order valence-electron chi connectivity index (χ1n) is 5.89. The first kappa shape index (κ1) is 13.6. The van der Waals surface area contributed by atoms with Crippen LogP contribution in [0.25, 0.3) is 0 Å². The molecule has 0 bridgehead atoms. The Morgan fingerprint density at radius 2 is 2.38 bits per heavy atom. The zero-order chi connectivity index (χ0) is 12.0. The van der Waals surface area contributed by atoms with Gasteiger partial charge >= 0.3 is 0 Å². The van der Waals surface area contributed by atoms with Crippen LogP contribution in [0.5, 0.6) is 0 Å². The van der Waals surface area contributed by atoms with Crippen LogP contribution in [0.15, 0.2) is 0 Å². The number of hydrogen-bond acceptors (Lipinski definition) is 3. The van der Waals surface area contributed by atoms with Crippen LogP contribution in [-0.4, -0.2) is 41.3 Å².